The Hall–Kier alpha value is -4.56. The topological polar surface area (TPSA) is 40.6 Å². The molecule has 0 spiro atoms. The van der Waals surface area contributed by atoms with Gasteiger partial charge in [-0.3, -0.25) is 9.88 Å². The highest BCUT2D eigenvalue weighted by Crippen LogP contribution is 2.30. The van der Waals surface area contributed by atoms with E-state index in [9.17, 15) is 13.2 Å². The summed E-state index contributed by atoms with van der Waals surface area (Å²) in [5.41, 5.74) is 6.24. The van der Waals surface area contributed by atoms with Gasteiger partial charge in [0.1, 0.15) is 23.2 Å². The SMILES string of the molecule is CC.CCCc1cc(F)cc(C2C=C(CN3CCC(N(Cc4ccnc(-c5cc(F)cc(F)c5)c4)c4ccc(OC)cc4)CC3)C=CN2)c1. The molecule has 1 saturated heterocycles. The van der Waals surface area contributed by atoms with E-state index in [0.717, 1.165) is 79.5 Å². The Labute approximate surface area is 289 Å². The van der Waals surface area contributed by atoms with E-state index in [4.69, 9.17) is 4.74 Å². The number of rotatable bonds is 11. The molecular formula is C41H47F3N4O. The smallest absolute Gasteiger partial charge is 0.126 e. The van der Waals surface area contributed by atoms with Crippen LogP contribution in [0.4, 0.5) is 18.9 Å². The van der Waals surface area contributed by atoms with Gasteiger partial charge in [0.25, 0.3) is 0 Å². The van der Waals surface area contributed by atoms with Crippen LogP contribution in [0.25, 0.3) is 11.3 Å². The number of likely N-dealkylation sites (tertiary alicyclic amines) is 1. The van der Waals surface area contributed by atoms with E-state index in [1.807, 2.05) is 44.3 Å². The molecule has 0 aliphatic carbocycles. The van der Waals surface area contributed by atoms with E-state index in [-0.39, 0.29) is 17.9 Å². The van der Waals surface area contributed by atoms with E-state index >= 15 is 0 Å². The first-order chi connectivity index (χ1) is 23.9. The Morgan fingerprint density at radius 2 is 1.59 bits per heavy atom. The van der Waals surface area contributed by atoms with Crippen LogP contribution >= 0.6 is 0 Å². The molecule has 5 nitrogen and oxygen atoms in total. The first kappa shape index (κ1) is 35.7. The minimum atomic E-state index is -0.625. The van der Waals surface area contributed by atoms with Crippen molar-refractivity contribution >= 4 is 5.69 Å². The third-order valence-electron chi connectivity index (χ3n) is 8.98. The normalized spacial score (nSPS) is 16.3. The molecule has 8 heteroatoms. The number of hydrogen-bond acceptors (Lipinski definition) is 5. The molecule has 4 aromatic rings. The Morgan fingerprint density at radius 1 is 0.878 bits per heavy atom. The van der Waals surface area contributed by atoms with Crippen LogP contribution in [0.3, 0.4) is 0 Å². The summed E-state index contributed by atoms with van der Waals surface area (Å²) in [4.78, 5) is 9.31. The second-order valence-corrected chi connectivity index (χ2v) is 12.4. The number of aryl methyl sites for hydroxylation is 1. The molecule has 0 amide bonds. The number of dihydropyridines is 1. The number of pyridine rings is 1. The predicted molar refractivity (Wildman–Crippen MR) is 193 cm³/mol. The molecule has 0 bridgehead atoms. The highest BCUT2D eigenvalue weighted by Gasteiger charge is 2.26. The summed E-state index contributed by atoms with van der Waals surface area (Å²) in [6.45, 7) is 9.44. The van der Waals surface area contributed by atoms with E-state index in [0.29, 0.717) is 17.8 Å². The lowest BCUT2D eigenvalue weighted by Gasteiger charge is -2.40. The standard InChI is InChI=1S/C39H41F3N4O.C2H6/c1-3-4-27-17-30(21-32(40)18-27)38-19-28(9-13-43-38)25-45-15-11-36(12-16-45)46(35-5-7-37(47-2)8-6-35)26-29-10-14-44-39(20-29)31-22-33(41)24-34(42)23-31;1-2/h5-10,13-14,17-24,36,38,43H,3-4,11-12,15-16,25-26H2,1-2H3;1-2H3. The molecule has 3 heterocycles. The second-order valence-electron chi connectivity index (χ2n) is 12.4. The highest BCUT2D eigenvalue weighted by molar-refractivity contribution is 5.60. The second kappa shape index (κ2) is 17.2. The summed E-state index contributed by atoms with van der Waals surface area (Å²) >= 11 is 0. The molecule has 2 aliphatic rings. The maximum atomic E-state index is 14.4. The fourth-order valence-electron chi connectivity index (χ4n) is 6.64. The van der Waals surface area contributed by atoms with Gasteiger partial charge in [0, 0.05) is 55.7 Å². The van der Waals surface area contributed by atoms with Crippen molar-refractivity contribution < 1.29 is 17.9 Å². The maximum Gasteiger partial charge on any atom is 0.126 e. The molecule has 0 saturated carbocycles. The molecule has 49 heavy (non-hydrogen) atoms. The van der Waals surface area contributed by atoms with Crippen molar-refractivity contribution in [3.63, 3.8) is 0 Å². The van der Waals surface area contributed by atoms with E-state index in [1.165, 1.54) is 17.7 Å². The number of hydrogen-bond donors (Lipinski definition) is 1. The number of anilines is 1. The van der Waals surface area contributed by atoms with Crippen molar-refractivity contribution in [3.05, 3.63) is 137 Å². The maximum absolute atomic E-state index is 14.4. The fraction of sp³-hybridized carbons (Fsp3) is 0.341. The minimum absolute atomic E-state index is 0.0569. The van der Waals surface area contributed by atoms with Gasteiger partial charge in [-0.2, -0.15) is 0 Å². The van der Waals surface area contributed by atoms with Crippen molar-refractivity contribution in [2.75, 3.05) is 31.6 Å². The number of nitrogens with zero attached hydrogens (tertiary/aromatic N) is 3. The summed E-state index contributed by atoms with van der Waals surface area (Å²) in [6.07, 6.45) is 11.8. The molecule has 2 aliphatic heterocycles. The number of aromatic nitrogens is 1. The number of piperidine rings is 1. The summed E-state index contributed by atoms with van der Waals surface area (Å²) in [5.74, 6) is -0.642. The van der Waals surface area contributed by atoms with Gasteiger partial charge in [0.2, 0.25) is 0 Å². The van der Waals surface area contributed by atoms with Crippen LogP contribution in [-0.2, 0) is 13.0 Å². The number of ether oxygens (including phenoxy) is 1. The van der Waals surface area contributed by atoms with Gasteiger partial charge < -0.3 is 15.0 Å². The number of methoxy groups -OCH3 is 1. The minimum Gasteiger partial charge on any atom is -0.497 e. The van der Waals surface area contributed by atoms with Gasteiger partial charge in [-0.25, -0.2) is 13.2 Å². The highest BCUT2D eigenvalue weighted by atomic mass is 19.1. The molecule has 1 unspecified atom stereocenters. The number of halogens is 3. The first-order valence-electron chi connectivity index (χ1n) is 17.3. The van der Waals surface area contributed by atoms with E-state index in [1.54, 1.807) is 25.4 Å². The lowest BCUT2D eigenvalue weighted by Crippen LogP contribution is -2.45. The number of nitrogens with one attached hydrogen (secondary N) is 1. The van der Waals surface area contributed by atoms with E-state index < -0.39 is 11.6 Å². The zero-order valence-electron chi connectivity index (χ0n) is 28.9. The third kappa shape index (κ3) is 9.54. The van der Waals surface area contributed by atoms with Crippen LogP contribution in [0.5, 0.6) is 5.75 Å². The Morgan fingerprint density at radius 3 is 2.29 bits per heavy atom. The molecule has 3 aromatic carbocycles. The molecule has 1 N–H and O–H groups in total. The molecule has 258 valence electrons. The van der Waals surface area contributed by atoms with Crippen LogP contribution in [0, 0.1) is 17.5 Å². The fourth-order valence-corrected chi connectivity index (χ4v) is 6.64. The average molecular weight is 669 g/mol. The van der Waals surface area contributed by atoms with Crippen LogP contribution in [0.15, 0.2) is 103 Å². The van der Waals surface area contributed by atoms with Gasteiger partial charge in [-0.05, 0) is 114 Å². The van der Waals surface area contributed by atoms with Gasteiger partial charge in [0.15, 0.2) is 0 Å². The Balaban J connectivity index is 0.00000230. The first-order valence-corrected chi connectivity index (χ1v) is 17.3. The quantitative estimate of drug-likeness (QED) is 0.173. The molecule has 1 fully saturated rings. The lowest BCUT2D eigenvalue weighted by atomic mass is 9.97. The van der Waals surface area contributed by atoms with Gasteiger partial charge >= 0.3 is 0 Å². The van der Waals surface area contributed by atoms with Crippen molar-refractivity contribution in [1.82, 2.24) is 15.2 Å². The van der Waals surface area contributed by atoms with Crippen LogP contribution < -0.4 is 15.0 Å². The Kier molecular flexibility index (Phi) is 12.5. The summed E-state index contributed by atoms with van der Waals surface area (Å²) in [7, 11) is 1.66. The summed E-state index contributed by atoms with van der Waals surface area (Å²) < 4.78 is 47.7. The monoisotopic (exact) mass is 668 g/mol. The molecular weight excluding hydrogens is 621 g/mol. The lowest BCUT2D eigenvalue weighted by molar-refractivity contribution is 0.224. The average Bonchev–Trinajstić information content (AvgIpc) is 3.12. The van der Waals surface area contributed by atoms with Crippen molar-refractivity contribution in [2.45, 2.75) is 65.1 Å². The number of benzene rings is 3. The summed E-state index contributed by atoms with van der Waals surface area (Å²) in [5, 5.41) is 3.39. The van der Waals surface area contributed by atoms with Gasteiger partial charge in [-0.15, -0.1) is 0 Å². The zero-order chi connectivity index (χ0) is 34.8. The van der Waals surface area contributed by atoms with Gasteiger partial charge in [-0.1, -0.05) is 39.3 Å². The zero-order valence-corrected chi connectivity index (χ0v) is 28.9. The van der Waals surface area contributed by atoms with Crippen molar-refractivity contribution in [1.29, 1.82) is 0 Å². The van der Waals surface area contributed by atoms with Crippen molar-refractivity contribution in [2.24, 2.45) is 0 Å². The summed E-state index contributed by atoms with van der Waals surface area (Å²) in [6, 6.07) is 21.1. The third-order valence-corrected chi connectivity index (χ3v) is 8.98. The van der Waals surface area contributed by atoms with Crippen LogP contribution in [0.2, 0.25) is 0 Å². The van der Waals surface area contributed by atoms with Crippen LogP contribution in [0.1, 0.15) is 62.8 Å². The van der Waals surface area contributed by atoms with E-state index in [2.05, 4.69) is 57.4 Å². The van der Waals surface area contributed by atoms with Crippen LogP contribution in [-0.4, -0.2) is 42.7 Å². The predicted octanol–water partition coefficient (Wildman–Crippen LogP) is 9.41. The largest absolute Gasteiger partial charge is 0.497 e. The van der Waals surface area contributed by atoms with Gasteiger partial charge in [0.05, 0.1) is 18.8 Å². The molecule has 1 atom stereocenters. The molecule has 0 radical (unpaired) electrons. The Bertz CT molecular complexity index is 1710. The molecule has 6 rings (SSSR count). The van der Waals surface area contributed by atoms with Crippen molar-refractivity contribution in [3.8, 4) is 17.0 Å². The molecule has 1 aromatic heterocycles.